The summed E-state index contributed by atoms with van der Waals surface area (Å²) in [4.78, 5) is 28.2. The molecule has 0 unspecified atom stereocenters. The first-order valence-corrected chi connectivity index (χ1v) is 8.75. The summed E-state index contributed by atoms with van der Waals surface area (Å²) in [5.41, 5.74) is 0.0398. The van der Waals surface area contributed by atoms with Crippen molar-refractivity contribution in [2.45, 2.75) is 6.92 Å². The first-order chi connectivity index (χ1) is 13.3. The Morgan fingerprint density at radius 2 is 1.14 bits per heavy atom. The van der Waals surface area contributed by atoms with Crippen LogP contribution in [0.5, 0.6) is 0 Å². The van der Waals surface area contributed by atoms with Gasteiger partial charge in [-0.05, 0) is 42.3 Å². The van der Waals surface area contributed by atoms with E-state index in [0.717, 1.165) is 24.3 Å². The maximum absolute atomic E-state index is 13.4. The number of carbonyl (C=O) groups is 2. The number of carbonyl (C=O) groups excluding carboxylic acids is 2. The van der Waals surface area contributed by atoms with Gasteiger partial charge in [0.05, 0.1) is 0 Å². The minimum Gasteiger partial charge on any atom is -0.337 e. The van der Waals surface area contributed by atoms with Crippen LogP contribution in [-0.2, 0) is 0 Å². The molecular weight excluding hydrogens is 376 g/mol. The van der Waals surface area contributed by atoms with Gasteiger partial charge < -0.3 is 9.80 Å². The standard InChI is InChI=1S/C20H18F4N2O2/c1-12-10-25(19(27)13-2-4-15(21)17(23)8-13)6-7-26(11-12)20(28)14-3-5-16(22)18(24)9-14/h2-5,8-9,12H,6-7,10-11H2,1H3. The number of hydrogen-bond acceptors (Lipinski definition) is 2. The topological polar surface area (TPSA) is 40.6 Å². The van der Waals surface area contributed by atoms with Gasteiger partial charge in [-0.2, -0.15) is 0 Å². The molecule has 1 heterocycles. The van der Waals surface area contributed by atoms with Crippen molar-refractivity contribution < 1.29 is 27.2 Å². The Morgan fingerprint density at radius 3 is 1.50 bits per heavy atom. The van der Waals surface area contributed by atoms with Crippen molar-refractivity contribution in [1.29, 1.82) is 0 Å². The Balaban J connectivity index is 1.75. The van der Waals surface area contributed by atoms with E-state index in [4.69, 9.17) is 0 Å². The normalized spacial score (nSPS) is 15.5. The minimum atomic E-state index is -1.11. The lowest BCUT2D eigenvalue weighted by molar-refractivity contribution is 0.0718. The van der Waals surface area contributed by atoms with Crippen LogP contribution >= 0.6 is 0 Å². The Hall–Kier alpha value is -2.90. The summed E-state index contributed by atoms with van der Waals surface area (Å²) in [5.74, 6) is -5.33. The SMILES string of the molecule is CC1CN(C(=O)c2ccc(F)c(F)c2)CCN(C(=O)c2ccc(F)c(F)c2)C1. The Bertz CT molecular complexity index is 846. The maximum Gasteiger partial charge on any atom is 0.254 e. The Labute approximate surface area is 159 Å². The molecule has 0 atom stereocenters. The predicted molar refractivity (Wildman–Crippen MR) is 93.7 cm³/mol. The molecule has 8 heteroatoms. The van der Waals surface area contributed by atoms with Gasteiger partial charge in [0.25, 0.3) is 11.8 Å². The van der Waals surface area contributed by atoms with Gasteiger partial charge >= 0.3 is 0 Å². The van der Waals surface area contributed by atoms with E-state index in [0.29, 0.717) is 13.1 Å². The maximum atomic E-state index is 13.4. The molecule has 0 saturated carbocycles. The third kappa shape index (κ3) is 4.16. The molecule has 28 heavy (non-hydrogen) atoms. The molecule has 148 valence electrons. The molecule has 1 aliphatic rings. The summed E-state index contributed by atoms with van der Waals surface area (Å²) in [7, 11) is 0. The second kappa shape index (κ2) is 8.00. The molecule has 4 nitrogen and oxygen atoms in total. The average molecular weight is 394 g/mol. The number of benzene rings is 2. The van der Waals surface area contributed by atoms with E-state index in [1.165, 1.54) is 21.9 Å². The van der Waals surface area contributed by atoms with E-state index in [1.54, 1.807) is 0 Å². The van der Waals surface area contributed by atoms with Crippen molar-refractivity contribution in [3.05, 3.63) is 70.8 Å². The lowest BCUT2D eigenvalue weighted by Crippen LogP contribution is -2.37. The molecule has 1 saturated heterocycles. The summed E-state index contributed by atoms with van der Waals surface area (Å²) in [6.45, 7) is 2.83. The number of hydrogen-bond donors (Lipinski definition) is 0. The second-order valence-corrected chi connectivity index (χ2v) is 6.87. The fourth-order valence-corrected chi connectivity index (χ4v) is 3.23. The van der Waals surface area contributed by atoms with Gasteiger partial charge in [-0.1, -0.05) is 6.92 Å². The van der Waals surface area contributed by atoms with Crippen molar-refractivity contribution in [2.75, 3.05) is 26.2 Å². The van der Waals surface area contributed by atoms with E-state index < -0.39 is 35.1 Å². The highest BCUT2D eigenvalue weighted by Gasteiger charge is 2.27. The third-order valence-corrected chi connectivity index (χ3v) is 4.61. The first kappa shape index (κ1) is 19.9. The lowest BCUT2D eigenvalue weighted by Gasteiger charge is -2.22. The van der Waals surface area contributed by atoms with Crippen molar-refractivity contribution in [3.63, 3.8) is 0 Å². The van der Waals surface area contributed by atoms with E-state index in [9.17, 15) is 27.2 Å². The largest absolute Gasteiger partial charge is 0.337 e. The zero-order valence-electron chi connectivity index (χ0n) is 15.1. The average Bonchev–Trinajstić information content (AvgIpc) is 2.86. The molecule has 1 aliphatic heterocycles. The molecule has 2 aromatic carbocycles. The van der Waals surface area contributed by atoms with E-state index >= 15 is 0 Å². The molecule has 0 N–H and O–H groups in total. The monoisotopic (exact) mass is 394 g/mol. The molecule has 1 fully saturated rings. The van der Waals surface area contributed by atoms with Crippen molar-refractivity contribution in [1.82, 2.24) is 9.80 Å². The van der Waals surface area contributed by atoms with Crippen molar-refractivity contribution in [2.24, 2.45) is 5.92 Å². The van der Waals surface area contributed by atoms with Crippen LogP contribution in [0.2, 0.25) is 0 Å². The van der Waals surface area contributed by atoms with E-state index in [-0.39, 0.29) is 30.1 Å². The lowest BCUT2D eigenvalue weighted by atomic mass is 10.1. The molecule has 0 aliphatic carbocycles. The first-order valence-electron chi connectivity index (χ1n) is 8.75. The molecular formula is C20H18F4N2O2. The van der Waals surface area contributed by atoms with Crippen molar-refractivity contribution in [3.8, 4) is 0 Å². The highest BCUT2D eigenvalue weighted by atomic mass is 19.2. The fraction of sp³-hybridized carbons (Fsp3) is 0.300. The fourth-order valence-electron chi connectivity index (χ4n) is 3.23. The number of amides is 2. The van der Waals surface area contributed by atoms with Gasteiger partial charge in [0, 0.05) is 37.3 Å². The van der Waals surface area contributed by atoms with Crippen LogP contribution < -0.4 is 0 Å². The minimum absolute atomic E-state index is 0.0199. The van der Waals surface area contributed by atoms with Crippen LogP contribution in [0.25, 0.3) is 0 Å². The molecule has 0 bridgehead atoms. The predicted octanol–water partition coefficient (Wildman–Crippen LogP) is 3.48. The van der Waals surface area contributed by atoms with E-state index in [1.807, 2.05) is 6.92 Å². The summed E-state index contributed by atoms with van der Waals surface area (Å²) in [5, 5.41) is 0. The Morgan fingerprint density at radius 1 is 0.750 bits per heavy atom. The molecule has 0 aromatic heterocycles. The second-order valence-electron chi connectivity index (χ2n) is 6.87. The summed E-state index contributed by atoms with van der Waals surface area (Å²) >= 11 is 0. The molecule has 0 spiro atoms. The molecule has 2 amide bonds. The highest BCUT2D eigenvalue weighted by Crippen LogP contribution is 2.18. The van der Waals surface area contributed by atoms with Crippen LogP contribution in [0, 0.1) is 29.2 Å². The summed E-state index contributed by atoms with van der Waals surface area (Å²) in [6, 6.07) is 5.89. The smallest absolute Gasteiger partial charge is 0.254 e. The third-order valence-electron chi connectivity index (χ3n) is 4.61. The van der Waals surface area contributed by atoms with Crippen LogP contribution in [0.4, 0.5) is 17.6 Å². The van der Waals surface area contributed by atoms with Gasteiger partial charge in [-0.15, -0.1) is 0 Å². The van der Waals surface area contributed by atoms with Gasteiger partial charge in [0.15, 0.2) is 23.3 Å². The van der Waals surface area contributed by atoms with Crippen molar-refractivity contribution >= 4 is 11.8 Å². The Kier molecular flexibility index (Phi) is 5.67. The highest BCUT2D eigenvalue weighted by molar-refractivity contribution is 5.95. The molecule has 3 rings (SSSR count). The van der Waals surface area contributed by atoms with Crippen LogP contribution in [0.15, 0.2) is 36.4 Å². The summed E-state index contributed by atoms with van der Waals surface area (Å²) < 4.78 is 53.0. The van der Waals surface area contributed by atoms with Gasteiger partial charge in [-0.3, -0.25) is 9.59 Å². The number of halogens is 4. The zero-order chi connectivity index (χ0) is 20.4. The van der Waals surface area contributed by atoms with Crippen LogP contribution in [0.3, 0.4) is 0 Å². The van der Waals surface area contributed by atoms with Gasteiger partial charge in [0.2, 0.25) is 0 Å². The van der Waals surface area contributed by atoms with E-state index in [2.05, 4.69) is 0 Å². The number of nitrogens with zero attached hydrogens (tertiary/aromatic N) is 2. The van der Waals surface area contributed by atoms with Gasteiger partial charge in [-0.25, -0.2) is 17.6 Å². The zero-order valence-corrected chi connectivity index (χ0v) is 15.1. The molecule has 0 radical (unpaired) electrons. The van der Waals surface area contributed by atoms with Crippen LogP contribution in [0.1, 0.15) is 27.6 Å². The quantitative estimate of drug-likeness (QED) is 0.732. The number of rotatable bonds is 2. The molecule has 2 aromatic rings. The van der Waals surface area contributed by atoms with Gasteiger partial charge in [0.1, 0.15) is 0 Å². The van der Waals surface area contributed by atoms with Crippen LogP contribution in [-0.4, -0.2) is 47.8 Å². The summed E-state index contributed by atoms with van der Waals surface area (Å²) in [6.07, 6.45) is 0.